The van der Waals surface area contributed by atoms with Crippen molar-refractivity contribution in [1.29, 1.82) is 0 Å². The zero-order valence-electron chi connectivity index (χ0n) is 14.5. The summed E-state index contributed by atoms with van der Waals surface area (Å²) in [6.07, 6.45) is 7.05. The van der Waals surface area contributed by atoms with Crippen LogP contribution in [0.3, 0.4) is 0 Å². The molecular formula is C20H21N3O3. The van der Waals surface area contributed by atoms with Gasteiger partial charge in [0.25, 0.3) is 0 Å². The number of pyridine rings is 1. The largest absolute Gasteiger partial charge is 0.486 e. The Bertz CT molecular complexity index is 799. The Morgan fingerprint density at radius 1 is 0.962 bits per heavy atom. The van der Waals surface area contributed by atoms with Gasteiger partial charge in [0.1, 0.15) is 13.2 Å². The maximum atomic E-state index is 12.5. The van der Waals surface area contributed by atoms with Gasteiger partial charge in [-0.2, -0.15) is 0 Å². The van der Waals surface area contributed by atoms with E-state index in [2.05, 4.69) is 9.88 Å². The summed E-state index contributed by atoms with van der Waals surface area (Å²) in [4.78, 5) is 20.7. The summed E-state index contributed by atoms with van der Waals surface area (Å²) in [5.74, 6) is 1.53. The summed E-state index contributed by atoms with van der Waals surface area (Å²) in [7, 11) is 0. The predicted molar refractivity (Wildman–Crippen MR) is 99.5 cm³/mol. The molecule has 0 radical (unpaired) electrons. The fourth-order valence-electron chi connectivity index (χ4n) is 3.18. The van der Waals surface area contributed by atoms with Crippen molar-refractivity contribution in [2.45, 2.75) is 0 Å². The Balaban J connectivity index is 1.35. The second kappa shape index (κ2) is 7.47. The van der Waals surface area contributed by atoms with Gasteiger partial charge in [0.15, 0.2) is 11.5 Å². The maximum Gasteiger partial charge on any atom is 0.246 e. The summed E-state index contributed by atoms with van der Waals surface area (Å²) in [5, 5.41) is 0. The maximum absolute atomic E-state index is 12.5. The SMILES string of the molecule is O=C(/C=C/c1ccc2c(c1)OCCO2)N1CCN(c2ccncc2)CC1. The number of nitrogens with zero attached hydrogens (tertiary/aromatic N) is 3. The van der Waals surface area contributed by atoms with Crippen molar-refractivity contribution in [2.24, 2.45) is 0 Å². The van der Waals surface area contributed by atoms with Crippen molar-refractivity contribution in [2.75, 3.05) is 44.3 Å². The molecule has 26 heavy (non-hydrogen) atoms. The summed E-state index contributed by atoms with van der Waals surface area (Å²) >= 11 is 0. The van der Waals surface area contributed by atoms with Crippen LogP contribution in [-0.4, -0.2) is 55.2 Å². The molecule has 1 aromatic carbocycles. The lowest BCUT2D eigenvalue weighted by atomic mass is 10.1. The normalized spacial score (nSPS) is 16.8. The standard InChI is InChI=1S/C20H21N3O3/c24-20(4-2-16-1-3-18-19(15-16)26-14-13-25-18)23-11-9-22(10-12-23)17-5-7-21-8-6-17/h1-8,15H,9-14H2/b4-2+. The number of ether oxygens (including phenoxy) is 2. The second-order valence-corrected chi connectivity index (χ2v) is 6.25. The van der Waals surface area contributed by atoms with Crippen molar-refractivity contribution in [3.63, 3.8) is 0 Å². The van der Waals surface area contributed by atoms with Crippen LogP contribution in [0.5, 0.6) is 11.5 Å². The van der Waals surface area contributed by atoms with Crippen LogP contribution in [0.4, 0.5) is 5.69 Å². The topological polar surface area (TPSA) is 54.9 Å². The van der Waals surface area contributed by atoms with Gasteiger partial charge < -0.3 is 19.3 Å². The molecule has 2 aromatic rings. The van der Waals surface area contributed by atoms with Gasteiger partial charge in [-0.3, -0.25) is 9.78 Å². The molecule has 0 unspecified atom stereocenters. The first-order valence-electron chi connectivity index (χ1n) is 8.81. The molecular weight excluding hydrogens is 330 g/mol. The smallest absolute Gasteiger partial charge is 0.246 e. The number of carbonyl (C=O) groups is 1. The number of benzene rings is 1. The van der Waals surface area contributed by atoms with Crippen LogP contribution in [0.25, 0.3) is 6.08 Å². The number of fused-ring (bicyclic) bond motifs is 1. The Kier molecular flexibility index (Phi) is 4.73. The summed E-state index contributed by atoms with van der Waals surface area (Å²) in [6.45, 7) is 4.22. The van der Waals surface area contributed by atoms with E-state index in [0.717, 1.165) is 35.8 Å². The minimum absolute atomic E-state index is 0.0364. The first kappa shape index (κ1) is 16.4. The first-order valence-corrected chi connectivity index (χ1v) is 8.81. The van der Waals surface area contributed by atoms with Crippen LogP contribution in [0.1, 0.15) is 5.56 Å². The van der Waals surface area contributed by atoms with Gasteiger partial charge in [0.2, 0.25) is 5.91 Å². The third kappa shape index (κ3) is 3.64. The van der Waals surface area contributed by atoms with E-state index in [1.165, 1.54) is 0 Å². The predicted octanol–water partition coefficient (Wildman–Crippen LogP) is 2.21. The quantitative estimate of drug-likeness (QED) is 0.794. The number of amides is 1. The Labute approximate surface area is 152 Å². The van der Waals surface area contributed by atoms with Crippen molar-refractivity contribution in [3.8, 4) is 11.5 Å². The number of hydrogen-bond acceptors (Lipinski definition) is 5. The zero-order chi connectivity index (χ0) is 17.8. The van der Waals surface area contributed by atoms with Gasteiger partial charge in [-0.25, -0.2) is 0 Å². The molecule has 0 atom stereocenters. The fraction of sp³-hybridized carbons (Fsp3) is 0.300. The van der Waals surface area contributed by atoms with E-state index >= 15 is 0 Å². The van der Waals surface area contributed by atoms with Crippen LogP contribution in [-0.2, 0) is 4.79 Å². The lowest BCUT2D eigenvalue weighted by molar-refractivity contribution is -0.126. The highest BCUT2D eigenvalue weighted by molar-refractivity contribution is 5.92. The lowest BCUT2D eigenvalue weighted by Gasteiger charge is -2.35. The number of rotatable bonds is 3. The van der Waals surface area contributed by atoms with Crippen molar-refractivity contribution < 1.29 is 14.3 Å². The molecule has 4 rings (SSSR count). The number of hydrogen-bond donors (Lipinski definition) is 0. The molecule has 1 aromatic heterocycles. The number of aromatic nitrogens is 1. The van der Waals surface area contributed by atoms with E-state index in [1.807, 2.05) is 41.3 Å². The molecule has 0 bridgehead atoms. The summed E-state index contributed by atoms with van der Waals surface area (Å²) in [6, 6.07) is 9.71. The number of piperazine rings is 1. The van der Waals surface area contributed by atoms with Crippen LogP contribution >= 0.6 is 0 Å². The van der Waals surface area contributed by atoms with E-state index in [1.54, 1.807) is 18.5 Å². The van der Waals surface area contributed by atoms with Gasteiger partial charge in [0.05, 0.1) is 0 Å². The summed E-state index contributed by atoms with van der Waals surface area (Å²) in [5.41, 5.74) is 2.08. The van der Waals surface area contributed by atoms with Gasteiger partial charge in [0, 0.05) is 50.3 Å². The number of carbonyl (C=O) groups excluding carboxylic acids is 1. The third-order valence-corrected chi connectivity index (χ3v) is 4.60. The fourth-order valence-corrected chi connectivity index (χ4v) is 3.18. The molecule has 2 aliphatic heterocycles. The average molecular weight is 351 g/mol. The molecule has 1 saturated heterocycles. The molecule has 0 saturated carbocycles. The van der Waals surface area contributed by atoms with E-state index in [9.17, 15) is 4.79 Å². The first-order chi connectivity index (χ1) is 12.8. The molecule has 2 aliphatic rings. The van der Waals surface area contributed by atoms with E-state index in [-0.39, 0.29) is 5.91 Å². The van der Waals surface area contributed by atoms with Gasteiger partial charge in [-0.15, -0.1) is 0 Å². The average Bonchev–Trinajstić information content (AvgIpc) is 2.72. The van der Waals surface area contributed by atoms with Gasteiger partial charge >= 0.3 is 0 Å². The second-order valence-electron chi connectivity index (χ2n) is 6.25. The Hall–Kier alpha value is -3.02. The Morgan fingerprint density at radius 3 is 2.46 bits per heavy atom. The molecule has 1 fully saturated rings. The lowest BCUT2D eigenvalue weighted by Crippen LogP contribution is -2.48. The van der Waals surface area contributed by atoms with E-state index in [4.69, 9.17) is 9.47 Å². The zero-order valence-corrected chi connectivity index (χ0v) is 14.5. The van der Waals surface area contributed by atoms with Crippen LogP contribution in [0.15, 0.2) is 48.8 Å². The minimum Gasteiger partial charge on any atom is -0.486 e. The minimum atomic E-state index is 0.0364. The monoisotopic (exact) mass is 351 g/mol. The molecule has 3 heterocycles. The molecule has 0 N–H and O–H groups in total. The molecule has 6 nitrogen and oxygen atoms in total. The van der Waals surface area contributed by atoms with Crippen molar-refractivity contribution in [3.05, 3.63) is 54.4 Å². The highest BCUT2D eigenvalue weighted by Gasteiger charge is 2.19. The number of anilines is 1. The molecule has 134 valence electrons. The van der Waals surface area contributed by atoms with Crippen LogP contribution in [0, 0.1) is 0 Å². The van der Waals surface area contributed by atoms with Gasteiger partial charge in [-0.1, -0.05) is 6.07 Å². The van der Waals surface area contributed by atoms with E-state index < -0.39 is 0 Å². The van der Waals surface area contributed by atoms with Crippen molar-refractivity contribution >= 4 is 17.7 Å². The molecule has 6 heteroatoms. The van der Waals surface area contributed by atoms with Crippen molar-refractivity contribution in [1.82, 2.24) is 9.88 Å². The molecule has 1 amide bonds. The van der Waals surface area contributed by atoms with Crippen LogP contribution < -0.4 is 14.4 Å². The summed E-state index contributed by atoms with van der Waals surface area (Å²) < 4.78 is 11.1. The molecule has 0 spiro atoms. The van der Waals surface area contributed by atoms with Crippen LogP contribution in [0.2, 0.25) is 0 Å². The molecule has 0 aliphatic carbocycles. The van der Waals surface area contributed by atoms with E-state index in [0.29, 0.717) is 26.3 Å². The Morgan fingerprint density at radius 2 is 1.69 bits per heavy atom. The highest BCUT2D eigenvalue weighted by atomic mass is 16.6. The third-order valence-electron chi connectivity index (χ3n) is 4.60. The van der Waals surface area contributed by atoms with Gasteiger partial charge in [-0.05, 0) is 35.9 Å². The highest BCUT2D eigenvalue weighted by Crippen LogP contribution is 2.31.